The van der Waals surface area contributed by atoms with Crippen LogP contribution in [0.4, 0.5) is 0 Å². The molecule has 17 heavy (non-hydrogen) atoms. The summed E-state index contributed by atoms with van der Waals surface area (Å²) in [6.07, 6.45) is 0.979. The van der Waals surface area contributed by atoms with Crippen LogP contribution < -0.4 is 5.32 Å². The lowest BCUT2D eigenvalue weighted by atomic mass is 10.1. The minimum absolute atomic E-state index is 0.300. The first-order chi connectivity index (χ1) is 8.17. The van der Waals surface area contributed by atoms with Gasteiger partial charge >= 0.3 is 5.97 Å². The molecule has 0 amide bonds. The fourth-order valence-corrected chi connectivity index (χ4v) is 1.60. The van der Waals surface area contributed by atoms with E-state index >= 15 is 0 Å². The Labute approximate surface area is 102 Å². The van der Waals surface area contributed by atoms with Crippen LogP contribution in [0.3, 0.4) is 0 Å². The molecule has 4 heteroatoms. The van der Waals surface area contributed by atoms with Crippen LogP contribution >= 0.6 is 0 Å². The third-order valence-electron chi connectivity index (χ3n) is 2.63. The molecule has 0 aliphatic heterocycles. The van der Waals surface area contributed by atoms with Gasteiger partial charge in [-0.1, -0.05) is 19.1 Å². The molecule has 0 spiro atoms. The maximum Gasteiger partial charge on any atom is 0.335 e. The Balaban J connectivity index is 2.56. The molecule has 1 rings (SSSR count). The van der Waals surface area contributed by atoms with Gasteiger partial charge in [0.1, 0.15) is 0 Å². The molecule has 0 heterocycles. The molecule has 0 aromatic heterocycles. The summed E-state index contributed by atoms with van der Waals surface area (Å²) in [4.78, 5) is 10.8. The molecule has 0 aliphatic rings. The number of carboxylic acids is 1. The fraction of sp³-hybridized carbons (Fsp3) is 0.462. The zero-order valence-corrected chi connectivity index (χ0v) is 10.3. The second kappa shape index (κ2) is 7.04. The van der Waals surface area contributed by atoms with Crippen LogP contribution in [0.1, 0.15) is 29.3 Å². The van der Waals surface area contributed by atoms with Crippen LogP contribution in [-0.2, 0) is 11.3 Å². The van der Waals surface area contributed by atoms with Crippen molar-refractivity contribution in [2.75, 3.05) is 13.7 Å². The molecule has 1 aromatic rings. The zero-order valence-electron chi connectivity index (χ0n) is 10.3. The maximum absolute atomic E-state index is 10.8. The van der Waals surface area contributed by atoms with E-state index in [2.05, 4.69) is 12.2 Å². The van der Waals surface area contributed by atoms with Crippen LogP contribution in [0.15, 0.2) is 24.3 Å². The number of hydrogen-bond donors (Lipinski definition) is 2. The highest BCUT2D eigenvalue weighted by molar-refractivity contribution is 5.87. The predicted octanol–water partition coefficient (Wildman–Crippen LogP) is 1.90. The third kappa shape index (κ3) is 4.54. The van der Waals surface area contributed by atoms with Gasteiger partial charge in [0.05, 0.1) is 12.2 Å². The van der Waals surface area contributed by atoms with Crippen LogP contribution in [-0.4, -0.2) is 30.8 Å². The van der Waals surface area contributed by atoms with E-state index < -0.39 is 5.97 Å². The van der Waals surface area contributed by atoms with E-state index in [4.69, 9.17) is 9.84 Å². The highest BCUT2D eigenvalue weighted by Crippen LogP contribution is 2.06. The number of rotatable bonds is 7. The quantitative estimate of drug-likeness (QED) is 0.760. The average Bonchev–Trinajstić information content (AvgIpc) is 2.34. The molecule has 1 unspecified atom stereocenters. The van der Waals surface area contributed by atoms with Gasteiger partial charge in [0.25, 0.3) is 0 Å². The number of benzene rings is 1. The predicted molar refractivity (Wildman–Crippen MR) is 66.2 cm³/mol. The van der Waals surface area contributed by atoms with Crippen molar-refractivity contribution in [2.24, 2.45) is 0 Å². The van der Waals surface area contributed by atoms with Crippen LogP contribution in [0, 0.1) is 0 Å². The van der Waals surface area contributed by atoms with E-state index in [1.165, 1.54) is 0 Å². The number of carbonyl (C=O) groups is 1. The molecular formula is C13H19NO3. The van der Waals surface area contributed by atoms with Gasteiger partial charge in [0, 0.05) is 19.7 Å². The van der Waals surface area contributed by atoms with Gasteiger partial charge < -0.3 is 15.2 Å². The minimum Gasteiger partial charge on any atom is -0.478 e. The molecule has 0 saturated carbocycles. The lowest BCUT2D eigenvalue weighted by Crippen LogP contribution is -2.32. The summed E-state index contributed by atoms with van der Waals surface area (Å²) in [5.74, 6) is -0.893. The Morgan fingerprint density at radius 2 is 2.29 bits per heavy atom. The number of carboxylic acid groups (broad SMARTS) is 1. The average molecular weight is 237 g/mol. The van der Waals surface area contributed by atoms with Crippen molar-refractivity contribution in [1.29, 1.82) is 0 Å². The van der Waals surface area contributed by atoms with Crippen molar-refractivity contribution >= 4 is 5.97 Å². The van der Waals surface area contributed by atoms with Crippen LogP contribution in [0.25, 0.3) is 0 Å². The molecule has 0 fully saturated rings. The van der Waals surface area contributed by atoms with Crippen molar-refractivity contribution in [3.63, 3.8) is 0 Å². The first kappa shape index (κ1) is 13.7. The molecule has 1 atom stereocenters. The van der Waals surface area contributed by atoms with Gasteiger partial charge in [-0.05, 0) is 24.1 Å². The van der Waals surface area contributed by atoms with Gasteiger partial charge in [0.2, 0.25) is 0 Å². The lowest BCUT2D eigenvalue weighted by molar-refractivity contribution is 0.0696. The Bertz CT molecular complexity index is 365. The SMILES string of the molecule is CCC(COC)NCc1cccc(C(=O)O)c1. The summed E-state index contributed by atoms with van der Waals surface area (Å²) < 4.78 is 5.09. The van der Waals surface area contributed by atoms with E-state index in [1.54, 1.807) is 25.3 Å². The maximum atomic E-state index is 10.8. The zero-order chi connectivity index (χ0) is 12.7. The molecule has 0 radical (unpaired) electrons. The monoisotopic (exact) mass is 237 g/mol. The summed E-state index contributed by atoms with van der Waals surface area (Å²) >= 11 is 0. The number of aromatic carboxylic acids is 1. The number of ether oxygens (including phenoxy) is 1. The molecular weight excluding hydrogens is 218 g/mol. The summed E-state index contributed by atoms with van der Waals surface area (Å²) in [6.45, 7) is 3.41. The van der Waals surface area contributed by atoms with Crippen molar-refractivity contribution in [3.05, 3.63) is 35.4 Å². The van der Waals surface area contributed by atoms with E-state index in [1.807, 2.05) is 6.07 Å². The standard InChI is InChI=1S/C13H19NO3/c1-3-12(9-17-2)14-8-10-5-4-6-11(7-10)13(15)16/h4-7,12,14H,3,8-9H2,1-2H3,(H,15,16). The van der Waals surface area contributed by atoms with E-state index in [0.717, 1.165) is 12.0 Å². The van der Waals surface area contributed by atoms with E-state index in [9.17, 15) is 4.79 Å². The normalized spacial score (nSPS) is 12.4. The molecule has 0 aliphatic carbocycles. The Kier molecular flexibility index (Phi) is 5.66. The fourth-order valence-electron chi connectivity index (χ4n) is 1.60. The third-order valence-corrected chi connectivity index (χ3v) is 2.63. The van der Waals surface area contributed by atoms with Crippen molar-refractivity contribution < 1.29 is 14.6 Å². The molecule has 1 aromatic carbocycles. The van der Waals surface area contributed by atoms with Gasteiger partial charge in [-0.3, -0.25) is 0 Å². The Morgan fingerprint density at radius 3 is 2.88 bits per heavy atom. The molecule has 94 valence electrons. The number of nitrogens with one attached hydrogen (secondary N) is 1. The summed E-state index contributed by atoms with van der Waals surface area (Å²) in [6, 6.07) is 7.26. The first-order valence-corrected chi connectivity index (χ1v) is 5.72. The summed E-state index contributed by atoms with van der Waals surface area (Å²) in [5, 5.41) is 12.2. The van der Waals surface area contributed by atoms with Crippen LogP contribution in [0.5, 0.6) is 0 Å². The first-order valence-electron chi connectivity index (χ1n) is 5.72. The van der Waals surface area contributed by atoms with Crippen molar-refractivity contribution in [3.8, 4) is 0 Å². The molecule has 4 nitrogen and oxygen atoms in total. The molecule has 0 bridgehead atoms. The molecule has 2 N–H and O–H groups in total. The Morgan fingerprint density at radius 1 is 1.53 bits per heavy atom. The summed E-state index contributed by atoms with van der Waals surface area (Å²) in [5.41, 5.74) is 1.29. The molecule has 0 saturated heterocycles. The van der Waals surface area contributed by atoms with Crippen molar-refractivity contribution in [1.82, 2.24) is 5.32 Å². The topological polar surface area (TPSA) is 58.6 Å². The van der Waals surface area contributed by atoms with Gasteiger partial charge in [0.15, 0.2) is 0 Å². The van der Waals surface area contributed by atoms with Crippen LogP contribution in [0.2, 0.25) is 0 Å². The highest BCUT2D eigenvalue weighted by Gasteiger charge is 2.06. The largest absolute Gasteiger partial charge is 0.478 e. The van der Waals surface area contributed by atoms with Crippen molar-refractivity contribution in [2.45, 2.75) is 25.9 Å². The lowest BCUT2D eigenvalue weighted by Gasteiger charge is -2.15. The second-order valence-corrected chi connectivity index (χ2v) is 3.95. The van der Waals surface area contributed by atoms with Gasteiger partial charge in [-0.2, -0.15) is 0 Å². The minimum atomic E-state index is -0.893. The summed E-state index contributed by atoms with van der Waals surface area (Å²) in [7, 11) is 1.68. The smallest absolute Gasteiger partial charge is 0.335 e. The highest BCUT2D eigenvalue weighted by atomic mass is 16.5. The van der Waals surface area contributed by atoms with Gasteiger partial charge in [-0.15, -0.1) is 0 Å². The number of hydrogen-bond acceptors (Lipinski definition) is 3. The van der Waals surface area contributed by atoms with Gasteiger partial charge in [-0.25, -0.2) is 4.79 Å². The Hall–Kier alpha value is -1.39. The van der Waals surface area contributed by atoms with E-state index in [-0.39, 0.29) is 0 Å². The second-order valence-electron chi connectivity index (χ2n) is 3.95. The van der Waals surface area contributed by atoms with E-state index in [0.29, 0.717) is 24.8 Å². The number of methoxy groups -OCH3 is 1.